The van der Waals surface area contributed by atoms with Gasteiger partial charge in [-0.3, -0.25) is 0 Å². The Balaban J connectivity index is 2.94. The van der Waals surface area contributed by atoms with Crippen molar-refractivity contribution in [1.82, 2.24) is 0 Å². The van der Waals surface area contributed by atoms with Crippen LogP contribution in [0.25, 0.3) is 0 Å². The van der Waals surface area contributed by atoms with Crippen LogP contribution in [0.1, 0.15) is 31.4 Å². The first-order chi connectivity index (χ1) is 8.38. The van der Waals surface area contributed by atoms with Crippen LogP contribution >= 0.6 is 0 Å². The number of benzene rings is 1. The van der Waals surface area contributed by atoms with Gasteiger partial charge in [0.2, 0.25) is 0 Å². The second-order valence-corrected chi connectivity index (χ2v) is 4.26. The average Bonchev–Trinajstić information content (AvgIpc) is 2.34. The summed E-state index contributed by atoms with van der Waals surface area (Å²) in [6, 6.07) is 5.24. The fourth-order valence-electron chi connectivity index (χ4n) is 1.42. The normalized spacial score (nSPS) is 12.9. The van der Waals surface area contributed by atoms with E-state index in [1.807, 2.05) is 13.8 Å². The van der Waals surface area contributed by atoms with Gasteiger partial charge in [-0.05, 0) is 24.1 Å². The van der Waals surface area contributed by atoms with Crippen molar-refractivity contribution in [2.45, 2.75) is 26.4 Å². The van der Waals surface area contributed by atoms with Gasteiger partial charge in [-0.15, -0.1) is 0 Å². The zero-order valence-electron chi connectivity index (χ0n) is 10.3. The zero-order chi connectivity index (χ0) is 13.8. The predicted molar refractivity (Wildman–Crippen MR) is 64.1 cm³/mol. The van der Waals surface area contributed by atoms with Crippen LogP contribution in [0.15, 0.2) is 18.2 Å². The Hall–Kier alpha value is -1.70. The van der Waals surface area contributed by atoms with Gasteiger partial charge in [0.05, 0.1) is 17.2 Å². The van der Waals surface area contributed by atoms with Crippen LogP contribution < -0.4 is 5.32 Å². The molecular weight excluding hydrogens is 241 g/mol. The maximum absolute atomic E-state index is 12.7. The quantitative estimate of drug-likeness (QED) is 0.882. The van der Waals surface area contributed by atoms with Gasteiger partial charge in [0.25, 0.3) is 0 Å². The number of nitriles is 1. The molecule has 0 saturated carbocycles. The molecule has 0 aromatic heterocycles. The lowest BCUT2D eigenvalue weighted by Gasteiger charge is -2.14. The Morgan fingerprint density at radius 1 is 1.39 bits per heavy atom. The molecule has 0 aliphatic carbocycles. The second-order valence-electron chi connectivity index (χ2n) is 4.26. The molecule has 18 heavy (non-hydrogen) atoms. The van der Waals surface area contributed by atoms with Crippen molar-refractivity contribution in [3.63, 3.8) is 0 Å². The number of anilines is 1. The highest BCUT2D eigenvalue weighted by Gasteiger charge is 2.33. The summed E-state index contributed by atoms with van der Waals surface area (Å²) < 4.78 is 38.1. The van der Waals surface area contributed by atoms with E-state index in [2.05, 4.69) is 5.32 Å². The minimum Gasteiger partial charge on any atom is -0.385 e. The number of halogens is 3. The minimum atomic E-state index is -4.50. The highest BCUT2D eigenvalue weighted by molar-refractivity contribution is 5.53. The number of nitrogens with one attached hydrogen (secondary N) is 1. The largest absolute Gasteiger partial charge is 0.417 e. The summed E-state index contributed by atoms with van der Waals surface area (Å²) in [5.41, 5.74) is -0.850. The van der Waals surface area contributed by atoms with Crippen LogP contribution in [0.4, 0.5) is 18.9 Å². The Kier molecular flexibility index (Phi) is 4.60. The predicted octanol–water partition coefficient (Wildman–Crippen LogP) is 4.04. The number of hydrogen-bond donors (Lipinski definition) is 1. The topological polar surface area (TPSA) is 35.8 Å². The lowest BCUT2D eigenvalue weighted by Crippen LogP contribution is -2.12. The molecule has 0 heterocycles. The lowest BCUT2D eigenvalue weighted by atomic mass is 10.1. The zero-order valence-corrected chi connectivity index (χ0v) is 10.3. The third-order valence-corrected chi connectivity index (χ3v) is 2.80. The van der Waals surface area contributed by atoms with Crippen molar-refractivity contribution >= 4 is 5.69 Å². The van der Waals surface area contributed by atoms with Gasteiger partial charge in [-0.1, -0.05) is 20.3 Å². The smallest absolute Gasteiger partial charge is 0.385 e. The van der Waals surface area contributed by atoms with Gasteiger partial charge in [0.15, 0.2) is 0 Å². The van der Waals surface area contributed by atoms with Crippen LogP contribution in [0, 0.1) is 17.2 Å². The van der Waals surface area contributed by atoms with Gasteiger partial charge in [0, 0.05) is 12.2 Å². The summed E-state index contributed by atoms with van der Waals surface area (Å²) in [5.74, 6) is 0.384. The second kappa shape index (κ2) is 5.76. The first-order valence-corrected chi connectivity index (χ1v) is 5.73. The number of alkyl halides is 3. The monoisotopic (exact) mass is 256 g/mol. The molecule has 1 aromatic carbocycles. The molecule has 0 bridgehead atoms. The van der Waals surface area contributed by atoms with Crippen LogP contribution in [0.2, 0.25) is 0 Å². The van der Waals surface area contributed by atoms with E-state index in [-0.39, 0.29) is 5.56 Å². The summed E-state index contributed by atoms with van der Waals surface area (Å²) in [6.45, 7) is 4.65. The molecule has 0 amide bonds. The molecule has 0 aliphatic heterocycles. The minimum absolute atomic E-state index is 0.350. The van der Waals surface area contributed by atoms with E-state index in [0.717, 1.165) is 12.5 Å². The van der Waals surface area contributed by atoms with E-state index in [4.69, 9.17) is 5.26 Å². The standard InChI is InChI=1S/C13H15F3N2/c1-3-9(2)8-18-11-5-4-10(7-17)12(6-11)13(14,15)16/h4-6,9,18H,3,8H2,1-2H3/t9-/m0/s1. The summed E-state index contributed by atoms with van der Waals surface area (Å²) in [6.07, 6.45) is -3.55. The maximum Gasteiger partial charge on any atom is 0.417 e. The van der Waals surface area contributed by atoms with E-state index in [0.29, 0.717) is 18.2 Å². The van der Waals surface area contributed by atoms with Crippen LogP contribution in [-0.2, 0) is 6.18 Å². The third-order valence-electron chi connectivity index (χ3n) is 2.80. The van der Waals surface area contributed by atoms with Crippen LogP contribution in [0.5, 0.6) is 0 Å². The van der Waals surface area contributed by atoms with Gasteiger partial charge in [-0.25, -0.2) is 0 Å². The van der Waals surface area contributed by atoms with Crippen molar-refractivity contribution in [3.8, 4) is 6.07 Å². The molecule has 0 fully saturated rings. The van der Waals surface area contributed by atoms with Crippen molar-refractivity contribution in [2.75, 3.05) is 11.9 Å². The van der Waals surface area contributed by atoms with Crippen molar-refractivity contribution in [3.05, 3.63) is 29.3 Å². The number of hydrogen-bond acceptors (Lipinski definition) is 2. The summed E-state index contributed by atoms with van der Waals surface area (Å²) in [7, 11) is 0. The highest BCUT2D eigenvalue weighted by atomic mass is 19.4. The van der Waals surface area contributed by atoms with Gasteiger partial charge < -0.3 is 5.32 Å². The molecular formula is C13H15F3N2. The SMILES string of the molecule is CC[C@H](C)CNc1ccc(C#N)c(C(F)(F)F)c1. The molecule has 0 unspecified atom stereocenters. The Labute approximate surface area is 104 Å². The molecule has 0 radical (unpaired) electrons. The van der Waals surface area contributed by atoms with Crippen molar-refractivity contribution in [2.24, 2.45) is 5.92 Å². The molecule has 0 aliphatic rings. The third kappa shape index (κ3) is 3.66. The van der Waals surface area contributed by atoms with Gasteiger partial charge in [-0.2, -0.15) is 18.4 Å². The van der Waals surface area contributed by atoms with Crippen LogP contribution in [0.3, 0.4) is 0 Å². The number of rotatable bonds is 4. The van der Waals surface area contributed by atoms with Crippen molar-refractivity contribution in [1.29, 1.82) is 5.26 Å². The number of nitrogens with zero attached hydrogens (tertiary/aromatic N) is 1. The molecule has 1 rings (SSSR count). The molecule has 2 nitrogen and oxygen atoms in total. The van der Waals surface area contributed by atoms with E-state index >= 15 is 0 Å². The van der Waals surface area contributed by atoms with E-state index in [1.54, 1.807) is 6.07 Å². The fraction of sp³-hybridized carbons (Fsp3) is 0.462. The Bertz CT molecular complexity index is 447. The summed E-state index contributed by atoms with van der Waals surface area (Å²) >= 11 is 0. The Morgan fingerprint density at radius 3 is 2.56 bits per heavy atom. The summed E-state index contributed by atoms with van der Waals surface area (Å²) in [4.78, 5) is 0. The van der Waals surface area contributed by atoms with Gasteiger partial charge >= 0.3 is 6.18 Å². The van der Waals surface area contributed by atoms with Crippen LogP contribution in [-0.4, -0.2) is 6.54 Å². The molecule has 1 aromatic rings. The molecule has 98 valence electrons. The fourth-order valence-corrected chi connectivity index (χ4v) is 1.42. The highest BCUT2D eigenvalue weighted by Crippen LogP contribution is 2.33. The molecule has 0 saturated heterocycles. The maximum atomic E-state index is 12.7. The molecule has 1 atom stereocenters. The lowest BCUT2D eigenvalue weighted by molar-refractivity contribution is -0.137. The van der Waals surface area contributed by atoms with E-state index in [9.17, 15) is 13.2 Å². The van der Waals surface area contributed by atoms with Gasteiger partial charge in [0.1, 0.15) is 0 Å². The summed E-state index contributed by atoms with van der Waals surface area (Å²) in [5, 5.41) is 11.6. The van der Waals surface area contributed by atoms with E-state index in [1.165, 1.54) is 12.1 Å². The van der Waals surface area contributed by atoms with Crippen molar-refractivity contribution < 1.29 is 13.2 Å². The molecule has 0 spiro atoms. The molecule has 5 heteroatoms. The molecule has 1 N–H and O–H groups in total. The first-order valence-electron chi connectivity index (χ1n) is 5.73. The first kappa shape index (κ1) is 14.4. The van der Waals surface area contributed by atoms with E-state index < -0.39 is 11.7 Å². The average molecular weight is 256 g/mol. The Morgan fingerprint density at radius 2 is 2.06 bits per heavy atom.